The molecule has 0 aromatic heterocycles. The highest BCUT2D eigenvalue weighted by Gasteiger charge is 2.35. The van der Waals surface area contributed by atoms with Crippen molar-refractivity contribution in [3.63, 3.8) is 0 Å². The lowest BCUT2D eigenvalue weighted by atomic mass is 10.1. The zero-order chi connectivity index (χ0) is 23.3. The first-order chi connectivity index (χ1) is 15.3. The molecule has 0 unspecified atom stereocenters. The fourth-order valence-corrected chi connectivity index (χ4v) is 2.94. The van der Waals surface area contributed by atoms with Crippen molar-refractivity contribution in [3.8, 4) is 11.5 Å². The van der Waals surface area contributed by atoms with E-state index in [1.54, 1.807) is 30.3 Å². The average molecular weight is 439 g/mol. The Bertz CT molecular complexity index is 1090. The second-order valence-corrected chi connectivity index (χ2v) is 6.85. The highest BCUT2D eigenvalue weighted by Crippen LogP contribution is 2.33. The molecule has 0 aliphatic carbocycles. The van der Waals surface area contributed by atoms with Crippen molar-refractivity contribution < 1.29 is 33.8 Å². The van der Waals surface area contributed by atoms with E-state index in [9.17, 15) is 19.2 Å². The summed E-state index contributed by atoms with van der Waals surface area (Å²) in [6.45, 7) is 0.837. The lowest BCUT2D eigenvalue weighted by molar-refractivity contribution is -0.140. The quantitative estimate of drug-likeness (QED) is 0.423. The minimum absolute atomic E-state index is 0.126. The number of carbonyl (C=O) groups is 4. The summed E-state index contributed by atoms with van der Waals surface area (Å²) in [7, 11) is 1.42. The fourth-order valence-electron chi connectivity index (χ4n) is 2.94. The fraction of sp³-hybridized carbons (Fsp3) is 0.182. The van der Waals surface area contributed by atoms with Gasteiger partial charge in [-0.15, -0.1) is 0 Å². The number of nitrogens with one attached hydrogen (secondary N) is 2. The largest absolute Gasteiger partial charge is 0.493 e. The Morgan fingerprint density at radius 2 is 1.88 bits per heavy atom. The van der Waals surface area contributed by atoms with Crippen molar-refractivity contribution in [3.05, 3.63) is 59.3 Å². The smallest absolute Gasteiger partial charge is 0.329 e. The number of imide groups is 1. The maximum Gasteiger partial charge on any atom is 0.329 e. The summed E-state index contributed by atoms with van der Waals surface area (Å²) in [6, 6.07) is 11.3. The summed E-state index contributed by atoms with van der Waals surface area (Å²) in [5, 5.41) is 13.9. The van der Waals surface area contributed by atoms with Crippen LogP contribution < -0.4 is 20.1 Å². The van der Waals surface area contributed by atoms with Crippen molar-refractivity contribution in [1.82, 2.24) is 10.2 Å². The third-order valence-corrected chi connectivity index (χ3v) is 4.47. The van der Waals surface area contributed by atoms with Gasteiger partial charge >= 0.3 is 12.0 Å². The molecule has 1 aliphatic rings. The number of hydrogen-bond acceptors (Lipinski definition) is 6. The molecule has 0 saturated carbocycles. The van der Waals surface area contributed by atoms with Gasteiger partial charge in [-0.3, -0.25) is 14.4 Å². The highest BCUT2D eigenvalue weighted by atomic mass is 16.5. The van der Waals surface area contributed by atoms with Gasteiger partial charge in [-0.2, -0.15) is 0 Å². The van der Waals surface area contributed by atoms with Gasteiger partial charge in [0.2, 0.25) is 0 Å². The maximum atomic E-state index is 12.4. The van der Waals surface area contributed by atoms with Crippen LogP contribution in [0.5, 0.6) is 11.5 Å². The van der Waals surface area contributed by atoms with Gasteiger partial charge in [-0.05, 0) is 31.2 Å². The Hall–Kier alpha value is -4.34. The number of para-hydroxylation sites is 1. The number of ether oxygens (including phenoxy) is 2. The van der Waals surface area contributed by atoms with E-state index >= 15 is 0 Å². The van der Waals surface area contributed by atoms with E-state index in [1.807, 2.05) is 19.1 Å². The van der Waals surface area contributed by atoms with Crippen LogP contribution in [0.2, 0.25) is 0 Å². The van der Waals surface area contributed by atoms with Gasteiger partial charge in [0, 0.05) is 11.3 Å². The molecule has 10 nitrogen and oxygen atoms in total. The molecule has 4 amide bonds. The van der Waals surface area contributed by atoms with Crippen molar-refractivity contribution in [2.24, 2.45) is 0 Å². The molecule has 10 heteroatoms. The summed E-state index contributed by atoms with van der Waals surface area (Å²) in [6.07, 6.45) is 1.33. The summed E-state index contributed by atoms with van der Waals surface area (Å²) in [5.41, 5.74) is 1.90. The monoisotopic (exact) mass is 439 g/mol. The van der Waals surface area contributed by atoms with Gasteiger partial charge < -0.3 is 25.2 Å². The average Bonchev–Trinajstić information content (AvgIpc) is 3.01. The molecular formula is C22H21N3O7. The molecule has 0 radical (unpaired) electrons. The number of anilines is 1. The van der Waals surface area contributed by atoms with Crippen LogP contribution in [0.1, 0.15) is 11.1 Å². The van der Waals surface area contributed by atoms with Crippen LogP contribution in [0.4, 0.5) is 10.5 Å². The normalized spacial score (nSPS) is 14.3. The molecule has 32 heavy (non-hydrogen) atoms. The van der Waals surface area contributed by atoms with Crippen LogP contribution in [0.25, 0.3) is 6.08 Å². The minimum Gasteiger partial charge on any atom is -0.493 e. The lowest BCUT2D eigenvalue weighted by Crippen LogP contribution is -2.35. The van der Waals surface area contributed by atoms with E-state index in [0.717, 1.165) is 5.56 Å². The van der Waals surface area contributed by atoms with Crippen molar-refractivity contribution in [2.75, 3.05) is 25.6 Å². The standard InChI is InChI=1S/C22H21N3O7/c1-13-6-8-15(9-7-13)23-18(26)12-32-20-14(4-3-5-17(20)31-2)10-16-21(29)25(11-19(27)28)22(30)24-16/h3-10H,11-12H2,1-2H3,(H,23,26)(H,24,30)(H,27,28)/b16-10+. The number of urea groups is 1. The number of hydrogen-bond donors (Lipinski definition) is 3. The second kappa shape index (κ2) is 9.65. The second-order valence-electron chi connectivity index (χ2n) is 6.85. The number of carboxylic acids is 1. The Labute approximate surface area is 183 Å². The highest BCUT2D eigenvalue weighted by molar-refractivity contribution is 6.15. The van der Waals surface area contributed by atoms with E-state index in [0.29, 0.717) is 21.9 Å². The zero-order valence-corrected chi connectivity index (χ0v) is 17.4. The zero-order valence-electron chi connectivity index (χ0n) is 17.4. The lowest BCUT2D eigenvalue weighted by Gasteiger charge is -2.14. The van der Waals surface area contributed by atoms with E-state index < -0.39 is 30.4 Å². The van der Waals surface area contributed by atoms with E-state index in [2.05, 4.69) is 10.6 Å². The van der Waals surface area contributed by atoms with Crippen LogP contribution >= 0.6 is 0 Å². The SMILES string of the molecule is COc1cccc(/C=C2/NC(=O)N(CC(=O)O)C2=O)c1OCC(=O)Nc1ccc(C)cc1. The number of aliphatic carboxylic acids is 1. The molecule has 2 aromatic carbocycles. The molecule has 3 rings (SSSR count). The number of methoxy groups -OCH3 is 1. The van der Waals surface area contributed by atoms with Crippen LogP contribution in [0.15, 0.2) is 48.2 Å². The number of carboxylic acid groups (broad SMARTS) is 1. The summed E-state index contributed by atoms with van der Waals surface area (Å²) in [5.74, 6) is -2.03. The molecule has 3 N–H and O–H groups in total. The maximum absolute atomic E-state index is 12.4. The van der Waals surface area contributed by atoms with Gasteiger partial charge in [0.25, 0.3) is 11.8 Å². The van der Waals surface area contributed by atoms with Gasteiger partial charge in [0.05, 0.1) is 7.11 Å². The minimum atomic E-state index is -1.32. The molecule has 166 valence electrons. The first-order valence-electron chi connectivity index (χ1n) is 9.51. The van der Waals surface area contributed by atoms with Crippen LogP contribution in [0, 0.1) is 6.92 Å². The summed E-state index contributed by atoms with van der Waals surface area (Å²) >= 11 is 0. The molecule has 0 spiro atoms. The van der Waals surface area contributed by atoms with Crippen molar-refractivity contribution in [1.29, 1.82) is 0 Å². The van der Waals surface area contributed by atoms with E-state index in [-0.39, 0.29) is 18.1 Å². The number of amides is 4. The Balaban J connectivity index is 1.78. The van der Waals surface area contributed by atoms with Crippen molar-refractivity contribution in [2.45, 2.75) is 6.92 Å². The van der Waals surface area contributed by atoms with Crippen LogP contribution in [-0.4, -0.2) is 54.1 Å². The number of carbonyl (C=O) groups excluding carboxylic acids is 3. The van der Waals surface area contributed by atoms with Gasteiger partial charge in [-0.1, -0.05) is 29.8 Å². The first-order valence-corrected chi connectivity index (χ1v) is 9.51. The third kappa shape index (κ3) is 5.22. The Kier molecular flexibility index (Phi) is 6.74. The Morgan fingerprint density at radius 3 is 2.53 bits per heavy atom. The number of nitrogens with zero attached hydrogens (tertiary/aromatic N) is 1. The molecule has 1 aliphatic heterocycles. The third-order valence-electron chi connectivity index (χ3n) is 4.47. The molecule has 0 bridgehead atoms. The summed E-state index contributed by atoms with van der Waals surface area (Å²) in [4.78, 5) is 48.1. The molecule has 1 heterocycles. The van der Waals surface area contributed by atoms with Gasteiger partial charge in [-0.25, -0.2) is 9.69 Å². The number of aryl methyl sites for hydroxylation is 1. The summed E-state index contributed by atoms with van der Waals surface area (Å²) < 4.78 is 11.0. The molecule has 1 saturated heterocycles. The predicted molar refractivity (Wildman–Crippen MR) is 114 cm³/mol. The van der Waals surface area contributed by atoms with E-state index in [1.165, 1.54) is 13.2 Å². The van der Waals surface area contributed by atoms with Crippen LogP contribution in [0.3, 0.4) is 0 Å². The number of benzene rings is 2. The van der Waals surface area contributed by atoms with Crippen LogP contribution in [-0.2, 0) is 14.4 Å². The number of rotatable bonds is 8. The molecule has 0 atom stereocenters. The molecule has 1 fully saturated rings. The van der Waals surface area contributed by atoms with E-state index in [4.69, 9.17) is 14.6 Å². The first kappa shape index (κ1) is 22.3. The molecule has 2 aromatic rings. The van der Waals surface area contributed by atoms with Crippen molar-refractivity contribution >= 4 is 35.6 Å². The predicted octanol–water partition coefficient (Wildman–Crippen LogP) is 2.00. The van der Waals surface area contributed by atoms with Gasteiger partial charge in [0.15, 0.2) is 18.1 Å². The van der Waals surface area contributed by atoms with Gasteiger partial charge in [0.1, 0.15) is 12.2 Å². The molecular weight excluding hydrogens is 418 g/mol. The topological polar surface area (TPSA) is 134 Å². The Morgan fingerprint density at radius 1 is 1.16 bits per heavy atom.